The largest absolute Gasteiger partial charge is 0.379 e. The Morgan fingerprint density at radius 3 is 2.63 bits per heavy atom. The summed E-state index contributed by atoms with van der Waals surface area (Å²) in [5, 5.41) is 0. The molecule has 2 aliphatic heterocycles. The maximum Gasteiger partial charge on any atom is 0.228 e. The number of carbonyl (C=O) groups is 2. The molecule has 2 aromatic heterocycles. The first-order chi connectivity index (χ1) is 17.0. The van der Waals surface area contributed by atoms with Gasteiger partial charge in [-0.05, 0) is 37.0 Å². The Bertz CT molecular complexity index is 1170. The number of ether oxygens (including phenoxy) is 1. The number of hydrogen-bond acceptors (Lipinski definition) is 4. The van der Waals surface area contributed by atoms with Crippen LogP contribution in [0.4, 0.5) is 0 Å². The molecule has 7 heteroatoms. The zero-order valence-electron chi connectivity index (χ0n) is 20.4. The SMILES string of the molecule is CC1(C(=O)N2CCOC[C@H](Cc3nccn4cccc34)C2)CCN(C(=O)Cc2ccccc2)CC1. The summed E-state index contributed by atoms with van der Waals surface area (Å²) in [4.78, 5) is 35.0. The fraction of sp³-hybridized carbons (Fsp3) is 0.464. The number of carbonyl (C=O) groups excluding carboxylic acids is 2. The van der Waals surface area contributed by atoms with Gasteiger partial charge in [0.25, 0.3) is 0 Å². The molecule has 2 fully saturated rings. The van der Waals surface area contributed by atoms with E-state index in [0.29, 0.717) is 58.7 Å². The molecule has 2 saturated heterocycles. The molecule has 184 valence electrons. The van der Waals surface area contributed by atoms with Gasteiger partial charge in [0, 0.05) is 56.1 Å². The van der Waals surface area contributed by atoms with E-state index in [9.17, 15) is 9.59 Å². The van der Waals surface area contributed by atoms with Crippen molar-refractivity contribution in [1.29, 1.82) is 0 Å². The van der Waals surface area contributed by atoms with Crippen LogP contribution >= 0.6 is 0 Å². The predicted molar refractivity (Wildman–Crippen MR) is 134 cm³/mol. The van der Waals surface area contributed by atoms with Gasteiger partial charge in [-0.2, -0.15) is 0 Å². The molecule has 1 atom stereocenters. The summed E-state index contributed by atoms with van der Waals surface area (Å²) in [6, 6.07) is 14.0. The van der Waals surface area contributed by atoms with E-state index in [-0.39, 0.29) is 17.7 Å². The van der Waals surface area contributed by atoms with E-state index in [4.69, 9.17) is 4.74 Å². The number of nitrogens with zero attached hydrogens (tertiary/aromatic N) is 4. The molecule has 5 rings (SSSR count). The van der Waals surface area contributed by atoms with E-state index in [0.717, 1.165) is 23.2 Å². The van der Waals surface area contributed by atoms with Crippen LogP contribution in [-0.4, -0.2) is 70.4 Å². The minimum Gasteiger partial charge on any atom is -0.379 e. The summed E-state index contributed by atoms with van der Waals surface area (Å²) < 4.78 is 7.98. The molecule has 2 amide bonds. The first-order valence-electron chi connectivity index (χ1n) is 12.6. The molecule has 0 radical (unpaired) electrons. The standard InChI is InChI=1S/C28H34N4O3/c1-28(9-13-31(14-10-28)26(33)19-22-6-3-2-4-7-22)27(34)32-16-17-35-21-23(20-32)18-24-25-8-5-12-30(25)15-11-29-24/h2-8,11-12,15,23H,9-10,13-14,16-21H2,1H3/t23-/m1/s1. The molecule has 2 aliphatic rings. The minimum atomic E-state index is -0.446. The van der Waals surface area contributed by atoms with E-state index in [1.165, 1.54) is 0 Å². The van der Waals surface area contributed by atoms with Gasteiger partial charge in [0.15, 0.2) is 0 Å². The van der Waals surface area contributed by atoms with Crippen LogP contribution in [0.15, 0.2) is 61.1 Å². The Morgan fingerprint density at radius 1 is 1.03 bits per heavy atom. The lowest BCUT2D eigenvalue weighted by Crippen LogP contribution is -2.51. The highest BCUT2D eigenvalue weighted by atomic mass is 16.5. The third-order valence-corrected chi connectivity index (χ3v) is 7.57. The van der Waals surface area contributed by atoms with Gasteiger partial charge in [-0.25, -0.2) is 0 Å². The topological polar surface area (TPSA) is 67.2 Å². The second kappa shape index (κ2) is 10.2. The molecule has 0 N–H and O–H groups in total. The van der Waals surface area contributed by atoms with Gasteiger partial charge in [-0.15, -0.1) is 0 Å². The van der Waals surface area contributed by atoms with Crippen molar-refractivity contribution in [3.63, 3.8) is 0 Å². The fourth-order valence-corrected chi connectivity index (χ4v) is 5.38. The monoisotopic (exact) mass is 474 g/mol. The third-order valence-electron chi connectivity index (χ3n) is 7.57. The fourth-order valence-electron chi connectivity index (χ4n) is 5.38. The van der Waals surface area contributed by atoms with Gasteiger partial charge in [0.1, 0.15) is 0 Å². The number of piperidine rings is 1. The summed E-state index contributed by atoms with van der Waals surface area (Å²) in [5.74, 6) is 0.532. The van der Waals surface area contributed by atoms with E-state index in [1.807, 2.05) is 64.8 Å². The number of likely N-dealkylation sites (tertiary alicyclic amines) is 1. The Kier molecular flexibility index (Phi) is 6.86. The molecule has 0 unspecified atom stereocenters. The normalized spacial score (nSPS) is 20.5. The maximum atomic E-state index is 13.7. The van der Waals surface area contributed by atoms with Crippen LogP contribution in [0.5, 0.6) is 0 Å². The molecular weight excluding hydrogens is 440 g/mol. The first kappa shape index (κ1) is 23.5. The van der Waals surface area contributed by atoms with Crippen molar-refractivity contribution in [3.8, 4) is 0 Å². The van der Waals surface area contributed by atoms with E-state index in [1.54, 1.807) is 0 Å². The minimum absolute atomic E-state index is 0.140. The second-order valence-electron chi connectivity index (χ2n) is 10.2. The number of amides is 2. The Balaban J connectivity index is 1.20. The van der Waals surface area contributed by atoms with Gasteiger partial charge in [0.2, 0.25) is 11.8 Å². The predicted octanol–water partition coefficient (Wildman–Crippen LogP) is 3.22. The second-order valence-corrected chi connectivity index (χ2v) is 10.2. The van der Waals surface area contributed by atoms with Gasteiger partial charge in [-0.3, -0.25) is 14.6 Å². The zero-order valence-corrected chi connectivity index (χ0v) is 20.4. The average molecular weight is 475 g/mol. The quantitative estimate of drug-likeness (QED) is 0.570. The summed E-state index contributed by atoms with van der Waals surface area (Å²) in [6.45, 7) is 5.80. The van der Waals surface area contributed by atoms with Crippen LogP contribution in [0.2, 0.25) is 0 Å². The lowest BCUT2D eigenvalue weighted by atomic mass is 9.78. The number of hydrogen-bond donors (Lipinski definition) is 0. The Hall–Kier alpha value is -3.19. The molecular formula is C28H34N4O3. The summed E-state index contributed by atoms with van der Waals surface area (Å²) in [6.07, 6.45) is 8.39. The molecule has 0 spiro atoms. The lowest BCUT2D eigenvalue weighted by molar-refractivity contribution is -0.147. The van der Waals surface area contributed by atoms with Crippen molar-refractivity contribution in [2.45, 2.75) is 32.6 Å². The zero-order chi connectivity index (χ0) is 24.3. The van der Waals surface area contributed by atoms with Gasteiger partial charge in [0.05, 0.1) is 30.8 Å². The number of aromatic nitrogens is 2. The van der Waals surface area contributed by atoms with Crippen molar-refractivity contribution in [3.05, 3.63) is 72.3 Å². The molecule has 0 saturated carbocycles. The molecule has 35 heavy (non-hydrogen) atoms. The summed E-state index contributed by atoms with van der Waals surface area (Å²) in [7, 11) is 0. The number of fused-ring (bicyclic) bond motifs is 1. The molecule has 0 bridgehead atoms. The highest BCUT2D eigenvalue weighted by Gasteiger charge is 2.41. The van der Waals surface area contributed by atoms with Crippen molar-refractivity contribution in [1.82, 2.24) is 19.2 Å². The lowest BCUT2D eigenvalue weighted by Gasteiger charge is -2.41. The molecule has 0 aliphatic carbocycles. The molecule has 3 aromatic rings. The van der Waals surface area contributed by atoms with Crippen molar-refractivity contribution >= 4 is 17.3 Å². The van der Waals surface area contributed by atoms with Gasteiger partial charge in [-0.1, -0.05) is 37.3 Å². The van der Waals surface area contributed by atoms with E-state index >= 15 is 0 Å². The highest BCUT2D eigenvalue weighted by Crippen LogP contribution is 2.34. The first-order valence-corrected chi connectivity index (χ1v) is 12.6. The van der Waals surface area contributed by atoms with Crippen LogP contribution < -0.4 is 0 Å². The maximum absolute atomic E-state index is 13.7. The van der Waals surface area contributed by atoms with Crippen molar-refractivity contribution in [2.75, 3.05) is 39.4 Å². The van der Waals surface area contributed by atoms with E-state index < -0.39 is 5.41 Å². The van der Waals surface area contributed by atoms with Crippen LogP contribution in [0, 0.1) is 11.3 Å². The Morgan fingerprint density at radius 2 is 1.83 bits per heavy atom. The van der Waals surface area contributed by atoms with Crippen molar-refractivity contribution in [2.24, 2.45) is 11.3 Å². The number of benzene rings is 1. The summed E-state index contributed by atoms with van der Waals surface area (Å²) in [5.41, 5.74) is 2.73. The van der Waals surface area contributed by atoms with Crippen LogP contribution in [0.1, 0.15) is 31.0 Å². The van der Waals surface area contributed by atoms with E-state index in [2.05, 4.69) is 22.4 Å². The average Bonchev–Trinajstić information content (AvgIpc) is 3.24. The van der Waals surface area contributed by atoms with Crippen LogP contribution in [0.25, 0.3) is 5.52 Å². The Labute approximate surface area is 206 Å². The van der Waals surface area contributed by atoms with Crippen molar-refractivity contribution < 1.29 is 14.3 Å². The molecule has 7 nitrogen and oxygen atoms in total. The molecule has 4 heterocycles. The molecule has 1 aromatic carbocycles. The third kappa shape index (κ3) is 5.25. The van der Waals surface area contributed by atoms with Gasteiger partial charge >= 0.3 is 0 Å². The van der Waals surface area contributed by atoms with Gasteiger partial charge < -0.3 is 18.9 Å². The highest BCUT2D eigenvalue weighted by molar-refractivity contribution is 5.83. The van der Waals surface area contributed by atoms with Crippen LogP contribution in [0.3, 0.4) is 0 Å². The smallest absolute Gasteiger partial charge is 0.228 e. The number of rotatable bonds is 5. The van der Waals surface area contributed by atoms with Crippen LogP contribution in [-0.2, 0) is 27.2 Å². The summed E-state index contributed by atoms with van der Waals surface area (Å²) >= 11 is 0.